The molecule has 5 N–H and O–H groups in total. The number of carbonyl (C=O) groups is 1. The van der Waals surface area contributed by atoms with Gasteiger partial charge in [-0.3, -0.25) is 4.79 Å². The molecule has 11 heteroatoms. The average molecular weight is 640 g/mol. The Morgan fingerprint density at radius 1 is 1.11 bits per heavy atom. The number of nitrogen functional groups attached to an aromatic ring is 1. The first-order valence-corrected chi connectivity index (χ1v) is 13.7. The molecule has 0 saturated carbocycles. The second-order valence-electron chi connectivity index (χ2n) is 8.31. The number of thiol groups is 1. The summed E-state index contributed by atoms with van der Waals surface area (Å²) < 4.78 is 35.1. The number of rotatable bonds is 12. The second kappa shape index (κ2) is 12.9. The molecular weight excluding hydrogens is 609 g/mol. The molecule has 0 fully saturated rings. The molecule has 3 aromatic rings. The van der Waals surface area contributed by atoms with Gasteiger partial charge in [0.2, 0.25) is 0 Å². The number of nitrogens with one attached hydrogen (secondary N) is 2. The normalized spacial score (nSPS) is 11.7. The zero-order chi connectivity index (χ0) is 27.1. The molecule has 9 nitrogen and oxygen atoms in total. The van der Waals surface area contributed by atoms with Gasteiger partial charge in [0.1, 0.15) is 23.0 Å². The minimum atomic E-state index is -2.77. The Morgan fingerprint density at radius 3 is 2.51 bits per heavy atom. The molecule has 3 aromatic carbocycles. The van der Waals surface area contributed by atoms with Crippen LogP contribution in [0.3, 0.4) is 0 Å². The second-order valence-corrected chi connectivity index (χ2v) is 10.5. The third-order valence-electron chi connectivity index (χ3n) is 5.86. The van der Waals surface area contributed by atoms with E-state index in [9.17, 15) is 18.3 Å². The van der Waals surface area contributed by atoms with Crippen LogP contribution in [-0.2, 0) is 15.5 Å². The fourth-order valence-corrected chi connectivity index (χ4v) is 5.34. The topological polar surface area (TPSA) is 140 Å². The van der Waals surface area contributed by atoms with Gasteiger partial charge in [0.25, 0.3) is 0 Å². The van der Waals surface area contributed by atoms with Crippen LogP contribution in [0.5, 0.6) is 11.5 Å². The maximum atomic E-state index is 11.8. The maximum absolute atomic E-state index is 11.8. The van der Waals surface area contributed by atoms with Gasteiger partial charge in [-0.25, -0.2) is 8.42 Å². The minimum Gasteiger partial charge on any atom is -0.494 e. The number of halogens is 1. The molecule has 0 aromatic heterocycles. The molecule has 0 aliphatic carbocycles. The molecule has 3 rings (SSSR count). The molecule has 0 spiro atoms. The smallest absolute Gasteiger partial charge is 0.304 e. The number of carboxylic acid groups (broad SMARTS) is 1. The number of aliphatic carboxylic acids is 1. The summed E-state index contributed by atoms with van der Waals surface area (Å²) in [7, 11) is 0.505. The van der Waals surface area contributed by atoms with Gasteiger partial charge in [0.15, 0.2) is 10.7 Å². The fourth-order valence-electron chi connectivity index (χ4n) is 4.04. The van der Waals surface area contributed by atoms with Gasteiger partial charge in [-0.05, 0) is 82.6 Å². The molecule has 0 aliphatic rings. The highest BCUT2D eigenvalue weighted by molar-refractivity contribution is 14.1. The largest absolute Gasteiger partial charge is 0.494 e. The van der Waals surface area contributed by atoms with Crippen LogP contribution in [0, 0.1) is 10.5 Å². The number of benzene rings is 3. The van der Waals surface area contributed by atoms with E-state index in [4.69, 9.17) is 15.2 Å². The lowest BCUT2D eigenvalue weighted by Gasteiger charge is -2.21. The van der Waals surface area contributed by atoms with Crippen LogP contribution in [0.15, 0.2) is 53.4 Å². The average Bonchev–Trinajstić information content (AvgIpc) is 2.86. The molecule has 0 amide bonds. The van der Waals surface area contributed by atoms with Crippen LogP contribution in [0.4, 0.5) is 17.1 Å². The number of nitrogens with two attached hydrogens (primary N) is 1. The summed E-state index contributed by atoms with van der Waals surface area (Å²) in [6.45, 7) is 2.59. The molecule has 0 aliphatic heterocycles. The zero-order valence-corrected chi connectivity index (χ0v) is 23.8. The van der Waals surface area contributed by atoms with Crippen molar-refractivity contribution in [3.63, 3.8) is 0 Å². The van der Waals surface area contributed by atoms with Crippen LogP contribution >= 0.6 is 22.6 Å². The summed E-state index contributed by atoms with van der Waals surface area (Å²) in [6.07, 6.45) is -0.129. The van der Waals surface area contributed by atoms with Crippen LogP contribution in [0.1, 0.15) is 29.0 Å². The number of methoxy groups -OCH3 is 1. The van der Waals surface area contributed by atoms with Crippen molar-refractivity contribution in [2.45, 2.75) is 24.2 Å². The van der Waals surface area contributed by atoms with Crippen LogP contribution in [0.2, 0.25) is 0 Å². The fraction of sp³-hybridized carbons (Fsp3) is 0.269. The molecule has 37 heavy (non-hydrogen) atoms. The predicted octanol–water partition coefficient (Wildman–Crippen LogP) is 4.30. The molecule has 1 unspecified atom stereocenters. The van der Waals surface area contributed by atoms with Crippen molar-refractivity contribution in [3.05, 3.63) is 68.8 Å². The molecule has 0 bridgehead atoms. The number of aryl methyl sites for hydroxylation is 1. The lowest BCUT2D eigenvalue weighted by molar-refractivity contribution is -0.137. The highest BCUT2D eigenvalue weighted by Gasteiger charge is 2.22. The van der Waals surface area contributed by atoms with Gasteiger partial charge in [-0.15, -0.1) is 0 Å². The summed E-state index contributed by atoms with van der Waals surface area (Å²) in [4.78, 5) is 11.9. The Labute approximate surface area is 231 Å². The van der Waals surface area contributed by atoms with E-state index in [1.807, 2.05) is 25.1 Å². The highest BCUT2D eigenvalue weighted by Crippen LogP contribution is 2.38. The van der Waals surface area contributed by atoms with Gasteiger partial charge in [0.05, 0.1) is 24.9 Å². The standard InChI is InChI=1S/C26H30IN3O6S/c1-15-4-5-16(19(14-25(31)32)17-10-20(28)26(29-2)23(12-17)35-3)11-21(15)30-8-9-36-22-7-6-18(27)13-24(22)37(33)34/h4-7,10-13,19,29-30,37H,8-9,14,28H2,1-3H3,(H,31,32). The van der Waals surface area contributed by atoms with Crippen LogP contribution in [-0.4, -0.2) is 46.8 Å². The van der Waals surface area contributed by atoms with Crippen molar-refractivity contribution in [3.8, 4) is 11.5 Å². The first kappa shape index (κ1) is 28.4. The predicted molar refractivity (Wildman–Crippen MR) is 154 cm³/mol. The van der Waals surface area contributed by atoms with E-state index in [-0.39, 0.29) is 17.9 Å². The van der Waals surface area contributed by atoms with Gasteiger partial charge >= 0.3 is 5.97 Å². The van der Waals surface area contributed by atoms with Crippen molar-refractivity contribution < 1.29 is 27.8 Å². The van der Waals surface area contributed by atoms with E-state index in [1.165, 1.54) is 7.11 Å². The number of hydrogen-bond donors (Lipinski definition) is 5. The first-order chi connectivity index (χ1) is 17.6. The highest BCUT2D eigenvalue weighted by atomic mass is 127. The van der Waals surface area contributed by atoms with Gasteiger partial charge in [-0.2, -0.15) is 0 Å². The van der Waals surface area contributed by atoms with E-state index >= 15 is 0 Å². The van der Waals surface area contributed by atoms with Crippen molar-refractivity contribution in [1.82, 2.24) is 0 Å². The lowest BCUT2D eigenvalue weighted by atomic mass is 9.87. The molecule has 0 saturated heterocycles. The zero-order valence-electron chi connectivity index (χ0n) is 20.7. The summed E-state index contributed by atoms with van der Waals surface area (Å²) in [5.41, 5.74) is 10.6. The Hall–Kier alpha value is -3.19. The van der Waals surface area contributed by atoms with Crippen molar-refractivity contribution in [2.24, 2.45) is 0 Å². The molecule has 198 valence electrons. The van der Waals surface area contributed by atoms with E-state index in [1.54, 1.807) is 37.4 Å². The molecular formula is C26H30IN3O6S. The Kier molecular flexibility index (Phi) is 9.86. The van der Waals surface area contributed by atoms with Crippen molar-refractivity contribution in [1.29, 1.82) is 0 Å². The summed E-state index contributed by atoms with van der Waals surface area (Å²) >= 11 is 2.05. The van der Waals surface area contributed by atoms with Crippen molar-refractivity contribution >= 4 is 56.3 Å². The monoisotopic (exact) mass is 639 g/mol. The quantitative estimate of drug-likeness (QED) is 0.0850. The number of carboxylic acids is 1. The van der Waals surface area contributed by atoms with Gasteiger partial charge in [-0.1, -0.05) is 12.1 Å². The molecule has 0 heterocycles. The van der Waals surface area contributed by atoms with Crippen LogP contribution in [0.25, 0.3) is 0 Å². The minimum absolute atomic E-state index is 0.129. The maximum Gasteiger partial charge on any atom is 0.304 e. The summed E-state index contributed by atoms with van der Waals surface area (Å²) in [5, 5.41) is 16.0. The molecule has 0 radical (unpaired) electrons. The number of ether oxygens (including phenoxy) is 2. The third-order valence-corrected chi connectivity index (χ3v) is 7.28. The Morgan fingerprint density at radius 2 is 1.86 bits per heavy atom. The SMILES string of the molecule is CNc1c(N)cc(C(CC(=O)O)c2ccc(C)c(NCCOc3ccc(I)cc3[SH](=O)=O)c2)cc1OC. The van der Waals surface area contributed by atoms with E-state index in [0.29, 0.717) is 29.4 Å². The van der Waals surface area contributed by atoms with Crippen LogP contribution < -0.4 is 25.8 Å². The summed E-state index contributed by atoms with van der Waals surface area (Å²) in [5.74, 6) is -0.555. The number of anilines is 3. The van der Waals surface area contributed by atoms with Gasteiger partial charge in [0, 0.05) is 28.8 Å². The molecule has 1 atom stereocenters. The Balaban J connectivity index is 1.82. The lowest BCUT2D eigenvalue weighted by Crippen LogP contribution is -2.14. The van der Waals surface area contributed by atoms with E-state index in [2.05, 4.69) is 33.2 Å². The summed E-state index contributed by atoms with van der Waals surface area (Å²) in [6, 6.07) is 14.3. The third kappa shape index (κ3) is 7.19. The first-order valence-electron chi connectivity index (χ1n) is 11.4. The Bertz CT molecular complexity index is 1350. The van der Waals surface area contributed by atoms with Gasteiger partial charge < -0.3 is 30.9 Å². The van der Waals surface area contributed by atoms with E-state index in [0.717, 1.165) is 25.9 Å². The van der Waals surface area contributed by atoms with E-state index < -0.39 is 22.6 Å². The number of hydrogen-bond acceptors (Lipinski definition) is 8. The van der Waals surface area contributed by atoms with Crippen molar-refractivity contribution in [2.75, 3.05) is 43.7 Å².